The second-order valence-electron chi connectivity index (χ2n) is 6.40. The highest BCUT2D eigenvalue weighted by Crippen LogP contribution is 2.45. The van der Waals surface area contributed by atoms with Crippen LogP contribution >= 0.6 is 0 Å². The summed E-state index contributed by atoms with van der Waals surface area (Å²) in [6.07, 6.45) is 6.00. The van der Waals surface area contributed by atoms with Gasteiger partial charge in [0.05, 0.1) is 12.7 Å². The van der Waals surface area contributed by atoms with Crippen LogP contribution < -0.4 is 0 Å². The number of nitrogens with zero attached hydrogens (tertiary/aromatic N) is 1. The van der Waals surface area contributed by atoms with Crippen LogP contribution in [-0.4, -0.2) is 12.6 Å². The second kappa shape index (κ2) is 7.45. The number of benzene rings is 1. The molecule has 0 bridgehead atoms. The third-order valence-electron chi connectivity index (χ3n) is 4.79. The molecule has 3 heteroatoms. The van der Waals surface area contributed by atoms with Crippen molar-refractivity contribution in [2.45, 2.75) is 52.4 Å². The molecule has 0 saturated heterocycles. The highest BCUT2D eigenvalue weighted by atomic mass is 16.5. The average Bonchev–Trinajstić information content (AvgIpc) is 2.51. The maximum atomic E-state index is 12.3. The zero-order chi connectivity index (χ0) is 16.0. The Morgan fingerprint density at radius 2 is 1.91 bits per heavy atom. The summed E-state index contributed by atoms with van der Waals surface area (Å²) in [6, 6.07) is 10.7. The van der Waals surface area contributed by atoms with Gasteiger partial charge in [0.15, 0.2) is 0 Å². The van der Waals surface area contributed by atoms with Gasteiger partial charge in [-0.15, -0.1) is 0 Å². The van der Waals surface area contributed by atoms with Crippen molar-refractivity contribution in [3.63, 3.8) is 0 Å². The number of carbonyl (C=O) groups excluding carboxylic acids is 1. The lowest BCUT2D eigenvalue weighted by atomic mass is 9.63. The number of esters is 1. The minimum Gasteiger partial charge on any atom is -0.465 e. The summed E-state index contributed by atoms with van der Waals surface area (Å²) >= 11 is 0. The Kier molecular flexibility index (Phi) is 5.60. The number of rotatable bonds is 5. The molecule has 1 saturated carbocycles. The van der Waals surface area contributed by atoms with Gasteiger partial charge in [0, 0.05) is 5.41 Å². The topological polar surface area (TPSA) is 50.1 Å². The maximum Gasteiger partial charge on any atom is 0.323 e. The molecule has 0 aliphatic heterocycles. The lowest BCUT2D eigenvalue weighted by Gasteiger charge is -2.39. The normalized spacial score (nSPS) is 18.2. The molecule has 22 heavy (non-hydrogen) atoms. The van der Waals surface area contributed by atoms with Crippen molar-refractivity contribution < 1.29 is 9.53 Å². The molecule has 2 rings (SSSR count). The van der Waals surface area contributed by atoms with Crippen LogP contribution in [0, 0.1) is 29.6 Å². The van der Waals surface area contributed by atoms with Gasteiger partial charge in [-0.3, -0.25) is 4.79 Å². The first-order chi connectivity index (χ1) is 10.6. The van der Waals surface area contributed by atoms with E-state index < -0.39 is 5.92 Å². The third kappa shape index (κ3) is 3.68. The van der Waals surface area contributed by atoms with Gasteiger partial charge in [-0.2, -0.15) is 5.26 Å². The molecule has 0 spiro atoms. The summed E-state index contributed by atoms with van der Waals surface area (Å²) in [6.45, 7) is 4.19. The van der Waals surface area contributed by atoms with E-state index in [1.165, 1.54) is 17.5 Å². The summed E-state index contributed by atoms with van der Waals surface area (Å²) < 4.78 is 5.17. The highest BCUT2D eigenvalue weighted by Gasteiger charge is 2.44. The van der Waals surface area contributed by atoms with Crippen LogP contribution in [-0.2, 0) is 16.0 Å². The van der Waals surface area contributed by atoms with E-state index >= 15 is 0 Å². The smallest absolute Gasteiger partial charge is 0.323 e. The van der Waals surface area contributed by atoms with Crippen LogP contribution in [0.15, 0.2) is 24.3 Å². The van der Waals surface area contributed by atoms with Crippen molar-refractivity contribution in [1.82, 2.24) is 0 Å². The lowest BCUT2D eigenvalue weighted by Crippen LogP contribution is -2.39. The quantitative estimate of drug-likeness (QED) is 0.766. The molecule has 3 nitrogen and oxygen atoms in total. The lowest BCUT2D eigenvalue weighted by molar-refractivity contribution is -0.151. The molecular weight excluding hydrogens is 274 g/mol. The molecular formula is C19H25NO2. The van der Waals surface area contributed by atoms with E-state index in [4.69, 9.17) is 4.74 Å². The molecule has 0 unspecified atom stereocenters. The minimum absolute atomic E-state index is 0.269. The molecule has 118 valence electrons. The molecule has 1 aliphatic rings. The monoisotopic (exact) mass is 299 g/mol. The molecule has 0 amide bonds. The largest absolute Gasteiger partial charge is 0.465 e. The SMILES string of the molecule is CCOC(=O)[C@H](C#N)C1(Cc2ccc(C)cc2)CCCCC1. The Morgan fingerprint density at radius 3 is 2.45 bits per heavy atom. The van der Waals surface area contributed by atoms with Crippen molar-refractivity contribution in [2.75, 3.05) is 6.61 Å². The molecule has 0 N–H and O–H groups in total. The summed E-state index contributed by atoms with van der Waals surface area (Å²) in [7, 11) is 0. The predicted molar refractivity (Wildman–Crippen MR) is 86.1 cm³/mol. The van der Waals surface area contributed by atoms with Crippen LogP contribution in [0.1, 0.15) is 50.2 Å². The number of hydrogen-bond acceptors (Lipinski definition) is 3. The third-order valence-corrected chi connectivity index (χ3v) is 4.79. The number of hydrogen-bond donors (Lipinski definition) is 0. The molecule has 1 aromatic rings. The van der Waals surface area contributed by atoms with Gasteiger partial charge in [-0.1, -0.05) is 49.1 Å². The van der Waals surface area contributed by atoms with Crippen molar-refractivity contribution in [2.24, 2.45) is 11.3 Å². The van der Waals surface area contributed by atoms with E-state index in [1.807, 2.05) is 0 Å². The van der Waals surface area contributed by atoms with E-state index in [0.717, 1.165) is 32.1 Å². The van der Waals surface area contributed by atoms with Crippen molar-refractivity contribution in [3.8, 4) is 6.07 Å². The molecule has 0 heterocycles. The maximum absolute atomic E-state index is 12.3. The van der Waals surface area contributed by atoms with Gasteiger partial charge in [0.2, 0.25) is 0 Å². The van der Waals surface area contributed by atoms with E-state index in [-0.39, 0.29) is 11.4 Å². The zero-order valence-electron chi connectivity index (χ0n) is 13.6. The fraction of sp³-hybridized carbons (Fsp3) is 0.579. The molecule has 0 radical (unpaired) electrons. The van der Waals surface area contributed by atoms with Gasteiger partial charge >= 0.3 is 5.97 Å². The van der Waals surface area contributed by atoms with Crippen LogP contribution in [0.2, 0.25) is 0 Å². The van der Waals surface area contributed by atoms with Gasteiger partial charge in [-0.05, 0) is 38.7 Å². The molecule has 0 aromatic heterocycles. The predicted octanol–water partition coefficient (Wildman–Crippen LogP) is 4.19. The zero-order valence-corrected chi connectivity index (χ0v) is 13.6. The minimum atomic E-state index is -0.658. The molecule has 1 fully saturated rings. The van der Waals surface area contributed by atoms with Gasteiger partial charge in [-0.25, -0.2) is 0 Å². The summed E-state index contributed by atoms with van der Waals surface area (Å²) in [4.78, 5) is 12.3. The van der Waals surface area contributed by atoms with Gasteiger partial charge in [0.25, 0.3) is 0 Å². The Balaban J connectivity index is 2.28. The summed E-state index contributed by atoms with van der Waals surface area (Å²) in [5.41, 5.74) is 2.16. The highest BCUT2D eigenvalue weighted by molar-refractivity contribution is 5.76. The number of carbonyl (C=O) groups is 1. The number of nitriles is 1. The fourth-order valence-electron chi connectivity index (χ4n) is 3.60. The van der Waals surface area contributed by atoms with Crippen molar-refractivity contribution in [3.05, 3.63) is 35.4 Å². The molecule has 1 atom stereocenters. The Labute approximate surface area is 133 Å². The molecule has 1 aromatic carbocycles. The summed E-state index contributed by atoms with van der Waals surface area (Å²) in [5.74, 6) is -1.01. The van der Waals surface area contributed by atoms with Crippen LogP contribution in [0.5, 0.6) is 0 Å². The first-order valence-electron chi connectivity index (χ1n) is 8.23. The van der Waals surface area contributed by atoms with Crippen LogP contribution in [0.25, 0.3) is 0 Å². The van der Waals surface area contributed by atoms with Crippen LogP contribution in [0.3, 0.4) is 0 Å². The van der Waals surface area contributed by atoms with Crippen molar-refractivity contribution >= 4 is 5.97 Å². The van der Waals surface area contributed by atoms with E-state index in [0.29, 0.717) is 6.61 Å². The molecule has 1 aliphatic carbocycles. The van der Waals surface area contributed by atoms with E-state index in [1.54, 1.807) is 6.92 Å². The standard InChI is InChI=1S/C19H25NO2/c1-3-22-18(21)17(14-20)19(11-5-4-6-12-19)13-16-9-7-15(2)8-10-16/h7-10,17H,3-6,11-13H2,1-2H3/t17-/m0/s1. The first kappa shape index (κ1) is 16.5. The Hall–Kier alpha value is -1.82. The second-order valence-corrected chi connectivity index (χ2v) is 6.40. The Morgan fingerprint density at radius 1 is 1.27 bits per heavy atom. The van der Waals surface area contributed by atoms with Gasteiger partial charge in [0.1, 0.15) is 5.92 Å². The van der Waals surface area contributed by atoms with Gasteiger partial charge < -0.3 is 4.74 Å². The van der Waals surface area contributed by atoms with E-state index in [9.17, 15) is 10.1 Å². The summed E-state index contributed by atoms with van der Waals surface area (Å²) in [5, 5.41) is 9.61. The van der Waals surface area contributed by atoms with Crippen LogP contribution in [0.4, 0.5) is 0 Å². The first-order valence-corrected chi connectivity index (χ1v) is 8.23. The fourth-order valence-corrected chi connectivity index (χ4v) is 3.60. The average molecular weight is 299 g/mol. The van der Waals surface area contributed by atoms with Crippen molar-refractivity contribution in [1.29, 1.82) is 5.26 Å². The van der Waals surface area contributed by atoms with E-state index in [2.05, 4.69) is 37.3 Å². The number of aryl methyl sites for hydroxylation is 1. The number of ether oxygens (including phenoxy) is 1. The Bertz CT molecular complexity index is 536.